The number of carbonyl (C=O) groups excluding carboxylic acids is 1. The van der Waals surface area contributed by atoms with Crippen LogP contribution in [0.4, 0.5) is 13.2 Å². The number of hydrogen-bond acceptors (Lipinski definition) is 1. The molecule has 0 fully saturated rings. The number of benzene rings is 1. The van der Waals surface area contributed by atoms with Crippen LogP contribution in [0.3, 0.4) is 0 Å². The Labute approximate surface area is 88.4 Å². The van der Waals surface area contributed by atoms with Crippen LogP contribution in [-0.2, 0) is 4.79 Å². The second-order valence-corrected chi connectivity index (χ2v) is 3.18. The van der Waals surface area contributed by atoms with Crippen LogP contribution in [0.2, 0.25) is 0 Å². The third-order valence-electron chi connectivity index (χ3n) is 2.08. The van der Waals surface area contributed by atoms with Crippen LogP contribution in [0.25, 0.3) is 10.9 Å². The van der Waals surface area contributed by atoms with Crippen LogP contribution in [0, 0.1) is 0 Å². The molecule has 6 heteroatoms. The van der Waals surface area contributed by atoms with Gasteiger partial charge in [0.1, 0.15) is 0 Å². The summed E-state index contributed by atoms with van der Waals surface area (Å²) in [4.78, 5) is 10.7. The van der Waals surface area contributed by atoms with E-state index in [0.29, 0.717) is 5.52 Å². The Hall–Kier alpha value is -1.98. The molecule has 0 aliphatic rings. The van der Waals surface area contributed by atoms with Crippen LogP contribution in [0.1, 0.15) is 0 Å². The van der Waals surface area contributed by atoms with E-state index < -0.39 is 12.1 Å². The van der Waals surface area contributed by atoms with Crippen molar-refractivity contribution >= 4 is 16.8 Å². The van der Waals surface area contributed by atoms with Crippen LogP contribution < -0.4 is 5.43 Å². The number of fused-ring (bicyclic) bond motifs is 1. The third kappa shape index (κ3) is 1.86. The lowest BCUT2D eigenvalue weighted by Crippen LogP contribution is -2.34. The third-order valence-corrected chi connectivity index (χ3v) is 2.08. The van der Waals surface area contributed by atoms with E-state index in [-0.39, 0.29) is 0 Å². The number of rotatable bonds is 1. The molecule has 0 atom stereocenters. The summed E-state index contributed by atoms with van der Waals surface area (Å²) in [5.41, 5.74) is 2.27. The second-order valence-electron chi connectivity index (χ2n) is 3.18. The fourth-order valence-electron chi connectivity index (χ4n) is 1.35. The molecule has 0 spiro atoms. The van der Waals surface area contributed by atoms with Crippen LogP contribution in [-0.4, -0.2) is 16.8 Å². The van der Waals surface area contributed by atoms with Gasteiger partial charge in [0.05, 0.1) is 5.52 Å². The molecule has 2 rings (SSSR count). The number of nitrogens with one attached hydrogen (secondary N) is 1. The molecule has 1 aromatic heterocycles. The summed E-state index contributed by atoms with van der Waals surface area (Å²) in [5, 5.41) is 0.755. The molecule has 1 aromatic carbocycles. The van der Waals surface area contributed by atoms with Gasteiger partial charge in [-0.25, -0.2) is 0 Å². The molecule has 0 aliphatic heterocycles. The molecule has 0 unspecified atom stereocenters. The van der Waals surface area contributed by atoms with Gasteiger partial charge in [-0.05, 0) is 12.1 Å². The van der Waals surface area contributed by atoms with E-state index in [1.807, 2.05) is 0 Å². The normalized spacial score (nSPS) is 11.7. The number of nitrogens with zero attached hydrogens (tertiary/aromatic N) is 1. The van der Waals surface area contributed by atoms with Crippen molar-refractivity contribution in [3.05, 3.63) is 36.5 Å². The van der Waals surface area contributed by atoms with Gasteiger partial charge in [0.2, 0.25) is 0 Å². The highest BCUT2D eigenvalue weighted by atomic mass is 19.4. The molecule has 2 aromatic rings. The minimum atomic E-state index is -4.88. The van der Waals surface area contributed by atoms with Crippen LogP contribution >= 0.6 is 0 Å². The molecule has 1 heterocycles. The van der Waals surface area contributed by atoms with Crippen molar-refractivity contribution in [1.82, 2.24) is 4.68 Å². The summed E-state index contributed by atoms with van der Waals surface area (Å²) >= 11 is 0. The average Bonchev–Trinajstić information content (AvgIpc) is 2.61. The molecule has 0 bridgehead atoms. The maximum atomic E-state index is 12.0. The lowest BCUT2D eigenvalue weighted by Gasteiger charge is -2.09. The first-order valence-electron chi connectivity index (χ1n) is 4.43. The highest BCUT2D eigenvalue weighted by molar-refractivity contribution is 5.91. The predicted molar refractivity (Wildman–Crippen MR) is 52.4 cm³/mol. The van der Waals surface area contributed by atoms with Gasteiger partial charge in [-0.3, -0.25) is 14.9 Å². The van der Waals surface area contributed by atoms with Gasteiger partial charge in [-0.15, -0.1) is 0 Å². The van der Waals surface area contributed by atoms with E-state index in [9.17, 15) is 18.0 Å². The fraction of sp³-hybridized carbons (Fsp3) is 0.100. The molecule has 84 valence electrons. The molecule has 0 saturated carbocycles. The maximum Gasteiger partial charge on any atom is 0.472 e. The number of amides is 1. The van der Waals surface area contributed by atoms with Crippen molar-refractivity contribution in [2.75, 3.05) is 5.43 Å². The molecular weight excluding hydrogens is 221 g/mol. The smallest absolute Gasteiger partial charge is 0.263 e. The molecule has 3 nitrogen and oxygen atoms in total. The Morgan fingerprint density at radius 2 is 1.88 bits per heavy atom. The standard InChI is InChI=1S/C10H7F3N2O/c11-10(12,13)9(16)14-15-6-5-7-3-1-2-4-8(7)15/h1-6H,(H,14,16). The summed E-state index contributed by atoms with van der Waals surface area (Å²) in [7, 11) is 0. The SMILES string of the molecule is O=C(Nn1ccc2ccccc21)C(F)(F)F. The highest BCUT2D eigenvalue weighted by Crippen LogP contribution is 2.17. The van der Waals surface area contributed by atoms with Crippen molar-refractivity contribution in [3.63, 3.8) is 0 Å². The molecule has 0 aliphatic carbocycles. The summed E-state index contributed by atoms with van der Waals surface area (Å²) in [5.74, 6) is -1.99. The summed E-state index contributed by atoms with van der Waals surface area (Å²) in [6.45, 7) is 0. The van der Waals surface area contributed by atoms with Crippen molar-refractivity contribution in [2.24, 2.45) is 0 Å². The minimum Gasteiger partial charge on any atom is -0.263 e. The van der Waals surface area contributed by atoms with Gasteiger partial charge in [0.25, 0.3) is 0 Å². The number of alkyl halides is 3. The molecule has 0 radical (unpaired) electrons. The first kappa shape index (κ1) is 10.5. The van der Waals surface area contributed by atoms with E-state index in [1.54, 1.807) is 35.8 Å². The summed E-state index contributed by atoms with van der Waals surface area (Å²) in [6.07, 6.45) is -3.51. The number of halogens is 3. The molecule has 1 amide bonds. The van der Waals surface area contributed by atoms with Gasteiger partial charge in [-0.1, -0.05) is 18.2 Å². The topological polar surface area (TPSA) is 34.0 Å². The lowest BCUT2D eigenvalue weighted by molar-refractivity contribution is -0.168. The van der Waals surface area contributed by atoms with Crippen molar-refractivity contribution < 1.29 is 18.0 Å². The zero-order valence-electron chi connectivity index (χ0n) is 7.95. The second kappa shape index (κ2) is 3.55. The largest absolute Gasteiger partial charge is 0.472 e. The van der Waals surface area contributed by atoms with Gasteiger partial charge in [-0.2, -0.15) is 13.2 Å². The van der Waals surface area contributed by atoms with E-state index in [1.165, 1.54) is 6.20 Å². The first-order valence-corrected chi connectivity index (χ1v) is 4.43. The molecule has 1 N–H and O–H groups in total. The van der Waals surface area contributed by atoms with Crippen molar-refractivity contribution in [3.8, 4) is 0 Å². The zero-order chi connectivity index (χ0) is 11.8. The number of hydrogen-bond donors (Lipinski definition) is 1. The van der Waals surface area contributed by atoms with Gasteiger partial charge < -0.3 is 0 Å². The Morgan fingerprint density at radius 3 is 2.56 bits per heavy atom. The van der Waals surface area contributed by atoms with Crippen LogP contribution in [0.15, 0.2) is 36.5 Å². The number of para-hydroxylation sites is 1. The Bertz CT molecular complexity index is 530. The van der Waals surface area contributed by atoms with E-state index in [2.05, 4.69) is 0 Å². The van der Waals surface area contributed by atoms with Crippen LogP contribution in [0.5, 0.6) is 0 Å². The van der Waals surface area contributed by atoms with Crippen molar-refractivity contribution in [1.29, 1.82) is 0 Å². The molecule has 16 heavy (non-hydrogen) atoms. The van der Waals surface area contributed by atoms with Gasteiger partial charge >= 0.3 is 12.1 Å². The summed E-state index contributed by atoms with van der Waals surface area (Å²) < 4.78 is 37.1. The average molecular weight is 228 g/mol. The van der Waals surface area contributed by atoms with Gasteiger partial charge in [0, 0.05) is 11.6 Å². The lowest BCUT2D eigenvalue weighted by atomic mass is 10.3. The van der Waals surface area contributed by atoms with Crippen molar-refractivity contribution in [2.45, 2.75) is 6.18 Å². The highest BCUT2D eigenvalue weighted by Gasteiger charge is 2.39. The predicted octanol–water partition coefficient (Wildman–Crippen LogP) is 2.27. The maximum absolute atomic E-state index is 12.0. The quantitative estimate of drug-likeness (QED) is 0.798. The van der Waals surface area contributed by atoms with E-state index >= 15 is 0 Å². The Balaban J connectivity index is 2.32. The number of carbonyl (C=O) groups is 1. The Morgan fingerprint density at radius 1 is 1.19 bits per heavy atom. The van der Waals surface area contributed by atoms with Gasteiger partial charge in [0.15, 0.2) is 0 Å². The molecule has 0 saturated heterocycles. The monoisotopic (exact) mass is 228 g/mol. The zero-order valence-corrected chi connectivity index (χ0v) is 7.95. The first-order chi connectivity index (χ1) is 7.48. The van der Waals surface area contributed by atoms with E-state index in [4.69, 9.17) is 0 Å². The fourth-order valence-corrected chi connectivity index (χ4v) is 1.35. The Kier molecular flexibility index (Phi) is 2.34. The summed E-state index contributed by atoms with van der Waals surface area (Å²) in [6, 6.07) is 8.42. The molecular formula is C10H7F3N2O. The number of aromatic nitrogens is 1. The van der Waals surface area contributed by atoms with E-state index in [0.717, 1.165) is 10.1 Å². The minimum absolute atomic E-state index is 0.514.